The van der Waals surface area contributed by atoms with Gasteiger partial charge in [0, 0.05) is 13.2 Å². The van der Waals surface area contributed by atoms with E-state index < -0.39 is 0 Å². The van der Waals surface area contributed by atoms with Gasteiger partial charge >= 0.3 is 0 Å². The van der Waals surface area contributed by atoms with E-state index in [0.29, 0.717) is 25.7 Å². The second-order valence-electron chi connectivity index (χ2n) is 4.12. The Labute approximate surface area is 91.8 Å². The lowest BCUT2D eigenvalue weighted by atomic mass is 9.94. The lowest BCUT2D eigenvalue weighted by molar-refractivity contribution is -0.124. The van der Waals surface area contributed by atoms with Crippen molar-refractivity contribution in [2.75, 3.05) is 26.3 Å². The van der Waals surface area contributed by atoms with Crippen LogP contribution >= 0.6 is 0 Å². The van der Waals surface area contributed by atoms with Crippen LogP contribution in [0.1, 0.15) is 26.7 Å². The lowest BCUT2D eigenvalue weighted by Gasteiger charge is -2.27. The van der Waals surface area contributed by atoms with Gasteiger partial charge in [0.2, 0.25) is 5.91 Å². The van der Waals surface area contributed by atoms with E-state index in [9.17, 15) is 4.79 Å². The first-order valence-electron chi connectivity index (χ1n) is 5.83. The van der Waals surface area contributed by atoms with Gasteiger partial charge in [-0.15, -0.1) is 0 Å². The predicted molar refractivity (Wildman–Crippen MR) is 59.7 cm³/mol. The summed E-state index contributed by atoms with van der Waals surface area (Å²) < 4.78 is 5.16. The normalized spacial score (nSPS) is 26.3. The first kappa shape index (κ1) is 12.5. The largest absolute Gasteiger partial charge is 0.380 e. The van der Waals surface area contributed by atoms with Crippen molar-refractivity contribution in [1.82, 2.24) is 10.6 Å². The van der Waals surface area contributed by atoms with Crippen molar-refractivity contribution in [3.63, 3.8) is 0 Å². The molecule has 1 fully saturated rings. The molecule has 0 spiro atoms. The molecule has 0 aromatic rings. The van der Waals surface area contributed by atoms with Crippen LogP contribution in [-0.2, 0) is 9.53 Å². The molecule has 1 amide bonds. The van der Waals surface area contributed by atoms with E-state index in [-0.39, 0.29) is 11.9 Å². The van der Waals surface area contributed by atoms with E-state index in [1.165, 1.54) is 6.42 Å². The average Bonchev–Trinajstić information content (AvgIpc) is 2.24. The summed E-state index contributed by atoms with van der Waals surface area (Å²) in [5.74, 6) is 0.759. The Morgan fingerprint density at radius 1 is 1.60 bits per heavy atom. The molecule has 2 unspecified atom stereocenters. The molecule has 2 atom stereocenters. The third-order valence-corrected chi connectivity index (χ3v) is 2.73. The highest BCUT2D eigenvalue weighted by atomic mass is 16.5. The van der Waals surface area contributed by atoms with Gasteiger partial charge in [-0.2, -0.15) is 0 Å². The van der Waals surface area contributed by atoms with Gasteiger partial charge in [-0.05, 0) is 32.2 Å². The van der Waals surface area contributed by atoms with Crippen molar-refractivity contribution in [2.24, 2.45) is 5.92 Å². The molecule has 2 N–H and O–H groups in total. The molecule has 0 saturated carbocycles. The van der Waals surface area contributed by atoms with Crippen LogP contribution in [0.25, 0.3) is 0 Å². The van der Waals surface area contributed by atoms with Gasteiger partial charge in [0.1, 0.15) is 0 Å². The molecule has 0 aliphatic carbocycles. The van der Waals surface area contributed by atoms with Crippen LogP contribution in [-0.4, -0.2) is 38.3 Å². The number of ether oxygens (including phenoxy) is 1. The Hall–Kier alpha value is -0.610. The minimum absolute atomic E-state index is 0.00428. The zero-order chi connectivity index (χ0) is 11.1. The first-order chi connectivity index (χ1) is 7.24. The third-order valence-electron chi connectivity index (χ3n) is 2.73. The van der Waals surface area contributed by atoms with Crippen molar-refractivity contribution in [3.8, 4) is 0 Å². The van der Waals surface area contributed by atoms with E-state index in [2.05, 4.69) is 17.6 Å². The second-order valence-corrected chi connectivity index (χ2v) is 4.12. The monoisotopic (exact) mass is 214 g/mol. The van der Waals surface area contributed by atoms with E-state index >= 15 is 0 Å². The number of piperidine rings is 1. The van der Waals surface area contributed by atoms with Crippen LogP contribution in [0.15, 0.2) is 0 Å². The number of hydrogen-bond acceptors (Lipinski definition) is 3. The molecular formula is C11H22N2O2. The highest BCUT2D eigenvalue weighted by Gasteiger charge is 2.23. The van der Waals surface area contributed by atoms with Crippen LogP contribution in [0.4, 0.5) is 0 Å². The van der Waals surface area contributed by atoms with Gasteiger partial charge in [0.25, 0.3) is 0 Å². The highest BCUT2D eigenvalue weighted by molar-refractivity contribution is 5.81. The summed E-state index contributed by atoms with van der Waals surface area (Å²) in [6.07, 6.45) is 2.11. The smallest absolute Gasteiger partial charge is 0.237 e. The molecule has 0 bridgehead atoms. The number of nitrogens with one attached hydrogen (secondary N) is 2. The number of hydrogen-bond donors (Lipinski definition) is 2. The molecule has 0 radical (unpaired) electrons. The summed E-state index contributed by atoms with van der Waals surface area (Å²) in [7, 11) is 0. The molecule has 15 heavy (non-hydrogen) atoms. The number of rotatable bonds is 5. The second kappa shape index (κ2) is 6.80. The van der Waals surface area contributed by atoms with Crippen molar-refractivity contribution < 1.29 is 9.53 Å². The van der Waals surface area contributed by atoms with Gasteiger partial charge in [0.15, 0.2) is 0 Å². The van der Waals surface area contributed by atoms with Crippen molar-refractivity contribution in [1.29, 1.82) is 0 Å². The first-order valence-corrected chi connectivity index (χ1v) is 5.83. The molecule has 0 aromatic heterocycles. The Kier molecular flexibility index (Phi) is 5.65. The van der Waals surface area contributed by atoms with Crippen LogP contribution < -0.4 is 10.6 Å². The minimum Gasteiger partial charge on any atom is -0.380 e. The standard InChI is InChI=1S/C11H22N2O2/c1-3-15-7-6-13-11(14)10-8-9(2)4-5-12-10/h9-10,12H,3-8H2,1-2H3,(H,13,14). The predicted octanol–water partition coefficient (Wildman–Crippen LogP) is 0.527. The Bertz CT molecular complexity index is 197. The highest BCUT2D eigenvalue weighted by Crippen LogP contribution is 2.14. The fourth-order valence-corrected chi connectivity index (χ4v) is 1.82. The van der Waals surface area contributed by atoms with Crippen LogP contribution in [0.5, 0.6) is 0 Å². The maximum absolute atomic E-state index is 11.7. The minimum atomic E-state index is -0.00428. The summed E-state index contributed by atoms with van der Waals surface area (Å²) in [5, 5.41) is 6.12. The van der Waals surface area contributed by atoms with Gasteiger partial charge in [0.05, 0.1) is 12.6 Å². The van der Waals surface area contributed by atoms with E-state index in [4.69, 9.17) is 4.74 Å². The Morgan fingerprint density at radius 2 is 2.40 bits per heavy atom. The summed E-state index contributed by atoms with van der Waals surface area (Å²) in [5.41, 5.74) is 0. The SMILES string of the molecule is CCOCCNC(=O)C1CC(C)CCN1. The quantitative estimate of drug-likeness (QED) is 0.656. The summed E-state index contributed by atoms with van der Waals surface area (Å²) in [4.78, 5) is 11.7. The van der Waals surface area contributed by atoms with Gasteiger partial charge < -0.3 is 15.4 Å². The zero-order valence-corrected chi connectivity index (χ0v) is 9.71. The topological polar surface area (TPSA) is 50.4 Å². The van der Waals surface area contributed by atoms with Gasteiger partial charge in [-0.3, -0.25) is 4.79 Å². The van der Waals surface area contributed by atoms with Crippen LogP contribution in [0.3, 0.4) is 0 Å². The zero-order valence-electron chi connectivity index (χ0n) is 9.71. The fourth-order valence-electron chi connectivity index (χ4n) is 1.82. The van der Waals surface area contributed by atoms with Crippen molar-refractivity contribution in [3.05, 3.63) is 0 Å². The van der Waals surface area contributed by atoms with E-state index in [1.807, 2.05) is 6.92 Å². The average molecular weight is 214 g/mol. The maximum Gasteiger partial charge on any atom is 0.237 e. The Morgan fingerprint density at radius 3 is 3.07 bits per heavy atom. The number of carbonyl (C=O) groups excluding carboxylic acids is 1. The molecular weight excluding hydrogens is 192 g/mol. The number of amides is 1. The van der Waals surface area contributed by atoms with E-state index in [0.717, 1.165) is 13.0 Å². The van der Waals surface area contributed by atoms with Crippen LogP contribution in [0.2, 0.25) is 0 Å². The lowest BCUT2D eigenvalue weighted by Crippen LogP contribution is -2.48. The van der Waals surface area contributed by atoms with Crippen molar-refractivity contribution in [2.45, 2.75) is 32.7 Å². The Balaban J connectivity index is 2.15. The van der Waals surface area contributed by atoms with E-state index in [1.54, 1.807) is 0 Å². The maximum atomic E-state index is 11.7. The van der Waals surface area contributed by atoms with Gasteiger partial charge in [-0.25, -0.2) is 0 Å². The molecule has 4 heteroatoms. The molecule has 4 nitrogen and oxygen atoms in total. The summed E-state index contributed by atoms with van der Waals surface area (Å²) in [6.45, 7) is 7.01. The van der Waals surface area contributed by atoms with Crippen LogP contribution in [0, 0.1) is 5.92 Å². The summed E-state index contributed by atoms with van der Waals surface area (Å²) in [6, 6.07) is -0.00428. The molecule has 1 saturated heterocycles. The molecule has 1 aliphatic heterocycles. The third kappa shape index (κ3) is 4.62. The molecule has 1 heterocycles. The van der Waals surface area contributed by atoms with Gasteiger partial charge in [-0.1, -0.05) is 6.92 Å². The summed E-state index contributed by atoms with van der Waals surface area (Å²) >= 11 is 0. The molecule has 0 aromatic carbocycles. The fraction of sp³-hybridized carbons (Fsp3) is 0.909. The molecule has 88 valence electrons. The molecule has 1 rings (SSSR count). The molecule has 1 aliphatic rings. The number of carbonyl (C=O) groups is 1. The van der Waals surface area contributed by atoms with Crippen molar-refractivity contribution >= 4 is 5.91 Å².